The van der Waals surface area contributed by atoms with E-state index in [-0.39, 0.29) is 16.5 Å². The average Bonchev–Trinajstić information content (AvgIpc) is 3.59. The second kappa shape index (κ2) is 11.6. The van der Waals surface area contributed by atoms with E-state index in [9.17, 15) is 18.0 Å². The van der Waals surface area contributed by atoms with E-state index < -0.39 is 28.5 Å². The number of hydrogen-bond acceptors (Lipinski definition) is 9. The zero-order chi connectivity index (χ0) is 29.1. The van der Waals surface area contributed by atoms with E-state index in [4.69, 9.17) is 14.2 Å². The highest BCUT2D eigenvalue weighted by atomic mass is 32.2. The summed E-state index contributed by atoms with van der Waals surface area (Å²) in [6.45, 7) is 1.27. The first-order valence-electron chi connectivity index (χ1n) is 12.6. The molecule has 1 amide bonds. The molecule has 0 spiro atoms. The summed E-state index contributed by atoms with van der Waals surface area (Å²) in [5, 5.41) is 4.71. The molecule has 4 aromatic rings. The van der Waals surface area contributed by atoms with Gasteiger partial charge in [-0.25, -0.2) is 18.2 Å². The molecular formula is C29H27N3O7S2. The van der Waals surface area contributed by atoms with Crippen LogP contribution in [0.4, 0.5) is 10.8 Å². The van der Waals surface area contributed by atoms with E-state index in [2.05, 4.69) is 10.3 Å². The van der Waals surface area contributed by atoms with Gasteiger partial charge in [-0.15, -0.1) is 11.3 Å². The van der Waals surface area contributed by atoms with Gasteiger partial charge in [0.25, 0.3) is 15.9 Å². The van der Waals surface area contributed by atoms with Gasteiger partial charge >= 0.3 is 5.97 Å². The van der Waals surface area contributed by atoms with Crippen LogP contribution in [-0.4, -0.2) is 52.1 Å². The first-order chi connectivity index (χ1) is 19.7. The lowest BCUT2D eigenvalue weighted by molar-refractivity contribution is -0.119. The summed E-state index contributed by atoms with van der Waals surface area (Å²) in [6, 6.07) is 18.0. The summed E-state index contributed by atoms with van der Waals surface area (Å²) in [7, 11) is -0.845. The maximum absolute atomic E-state index is 13.5. The molecular weight excluding hydrogens is 566 g/mol. The molecule has 10 nitrogen and oxygen atoms in total. The summed E-state index contributed by atoms with van der Waals surface area (Å²) < 4.78 is 44.2. The Morgan fingerprint density at radius 2 is 1.80 bits per heavy atom. The fourth-order valence-electron chi connectivity index (χ4n) is 4.63. The van der Waals surface area contributed by atoms with Gasteiger partial charge < -0.3 is 14.2 Å². The molecule has 1 atom stereocenters. The van der Waals surface area contributed by atoms with Crippen molar-refractivity contribution in [3.8, 4) is 22.8 Å². The molecule has 1 aliphatic heterocycles. The fraction of sp³-hybridized carbons (Fsp3) is 0.207. The largest absolute Gasteiger partial charge is 0.493 e. The molecule has 0 aliphatic carbocycles. The number of nitrogens with zero attached hydrogens (tertiary/aromatic N) is 2. The number of methoxy groups -OCH3 is 2. The number of carbonyl (C=O) groups is 2. The second-order valence-corrected chi connectivity index (χ2v) is 11.9. The van der Waals surface area contributed by atoms with Crippen molar-refractivity contribution < 1.29 is 32.2 Å². The monoisotopic (exact) mass is 593 g/mol. The van der Waals surface area contributed by atoms with E-state index in [0.717, 1.165) is 11.1 Å². The van der Waals surface area contributed by atoms with Crippen LogP contribution in [0, 0.1) is 0 Å². The molecule has 12 heteroatoms. The molecule has 212 valence electrons. The molecule has 1 N–H and O–H groups in total. The average molecular weight is 594 g/mol. The van der Waals surface area contributed by atoms with Crippen LogP contribution >= 0.6 is 11.3 Å². The minimum atomic E-state index is -3.93. The molecule has 1 unspecified atom stereocenters. The maximum atomic E-state index is 13.5. The van der Waals surface area contributed by atoms with Crippen molar-refractivity contribution in [2.45, 2.75) is 24.3 Å². The van der Waals surface area contributed by atoms with Gasteiger partial charge in [-0.05, 0) is 61.4 Å². The van der Waals surface area contributed by atoms with Gasteiger partial charge in [-0.2, -0.15) is 0 Å². The van der Waals surface area contributed by atoms with Crippen LogP contribution in [0.1, 0.15) is 22.8 Å². The number of anilines is 2. The predicted molar refractivity (Wildman–Crippen MR) is 155 cm³/mol. The zero-order valence-electron chi connectivity index (χ0n) is 22.5. The third kappa shape index (κ3) is 5.74. The number of carbonyl (C=O) groups excluding carboxylic acids is 2. The first kappa shape index (κ1) is 28.1. The number of nitrogens with one attached hydrogen (secondary N) is 1. The van der Waals surface area contributed by atoms with E-state index in [1.54, 1.807) is 36.8 Å². The Morgan fingerprint density at radius 3 is 2.59 bits per heavy atom. The topological polar surface area (TPSA) is 124 Å². The van der Waals surface area contributed by atoms with Crippen molar-refractivity contribution in [1.82, 2.24) is 4.98 Å². The lowest BCUT2D eigenvalue weighted by Gasteiger charge is -2.24. The fourth-order valence-corrected chi connectivity index (χ4v) is 7.10. The minimum Gasteiger partial charge on any atom is -0.493 e. The van der Waals surface area contributed by atoms with Crippen molar-refractivity contribution in [3.05, 3.63) is 83.2 Å². The standard InChI is InChI=1S/C29H27N3O7S2/c1-18-13-20-7-4-5-10-24(20)32(18)41(35,36)22-9-6-8-21(14-22)28(34)39-16-27(33)31-29-30-23(17-40-29)19-11-12-25(37-2)26(15-19)38-3/h4-12,14-15,17-18H,13,16H2,1-3H3,(H,30,31,33). The normalized spacial score (nSPS) is 14.3. The van der Waals surface area contributed by atoms with Crippen molar-refractivity contribution in [1.29, 1.82) is 0 Å². The van der Waals surface area contributed by atoms with E-state index in [1.165, 1.54) is 47.0 Å². The number of rotatable bonds is 9. The third-order valence-corrected chi connectivity index (χ3v) is 9.22. The number of hydrogen-bond donors (Lipinski definition) is 1. The molecule has 1 aromatic heterocycles. The number of benzene rings is 3. The number of amides is 1. The van der Waals surface area contributed by atoms with Crippen molar-refractivity contribution in [3.63, 3.8) is 0 Å². The van der Waals surface area contributed by atoms with E-state index >= 15 is 0 Å². The number of sulfonamides is 1. The molecule has 0 saturated heterocycles. The molecule has 0 fully saturated rings. The van der Waals surface area contributed by atoms with Gasteiger partial charge in [0.1, 0.15) is 0 Å². The minimum absolute atomic E-state index is 0.0176. The van der Waals surface area contributed by atoms with Crippen LogP contribution in [0.15, 0.2) is 77.0 Å². The van der Waals surface area contributed by atoms with Crippen molar-refractivity contribution in [2.24, 2.45) is 0 Å². The molecule has 41 heavy (non-hydrogen) atoms. The quantitative estimate of drug-likeness (QED) is 0.276. The lowest BCUT2D eigenvalue weighted by Crippen LogP contribution is -2.35. The number of fused-ring (bicyclic) bond motifs is 1. The number of para-hydroxylation sites is 1. The van der Waals surface area contributed by atoms with Gasteiger partial charge in [-0.1, -0.05) is 24.3 Å². The number of thiazole rings is 1. The summed E-state index contributed by atoms with van der Waals surface area (Å²) in [5.41, 5.74) is 2.98. The molecule has 1 aliphatic rings. The number of aromatic nitrogens is 1. The Kier molecular flexibility index (Phi) is 7.95. The zero-order valence-corrected chi connectivity index (χ0v) is 24.1. The summed E-state index contributed by atoms with van der Waals surface area (Å²) in [6.07, 6.45) is 0.598. The third-order valence-electron chi connectivity index (χ3n) is 6.54. The van der Waals surface area contributed by atoms with Crippen LogP contribution in [-0.2, 0) is 26.0 Å². The van der Waals surface area contributed by atoms with E-state index in [1.807, 2.05) is 25.1 Å². The van der Waals surface area contributed by atoms with Crippen molar-refractivity contribution >= 4 is 44.1 Å². The Hall–Kier alpha value is -4.42. The van der Waals surface area contributed by atoms with Crippen LogP contribution in [0.5, 0.6) is 11.5 Å². The van der Waals surface area contributed by atoms with Gasteiger partial charge in [-0.3, -0.25) is 14.4 Å². The molecule has 3 aromatic carbocycles. The Labute approximate surface area is 241 Å². The van der Waals surface area contributed by atoms with E-state index in [0.29, 0.717) is 34.4 Å². The maximum Gasteiger partial charge on any atom is 0.338 e. The Balaban J connectivity index is 1.22. The molecule has 2 heterocycles. The second-order valence-electron chi connectivity index (χ2n) is 9.24. The molecule has 0 radical (unpaired) electrons. The molecule has 0 saturated carbocycles. The van der Waals surface area contributed by atoms with Crippen LogP contribution < -0.4 is 19.1 Å². The first-order valence-corrected chi connectivity index (χ1v) is 14.9. The highest BCUT2D eigenvalue weighted by Gasteiger charge is 2.36. The smallest absolute Gasteiger partial charge is 0.338 e. The van der Waals surface area contributed by atoms with Crippen LogP contribution in [0.2, 0.25) is 0 Å². The molecule has 0 bridgehead atoms. The van der Waals surface area contributed by atoms with Crippen molar-refractivity contribution in [2.75, 3.05) is 30.4 Å². The lowest BCUT2D eigenvalue weighted by atomic mass is 10.1. The Bertz CT molecular complexity index is 1720. The van der Waals surface area contributed by atoms with Gasteiger partial charge in [0.2, 0.25) is 0 Å². The highest BCUT2D eigenvalue weighted by molar-refractivity contribution is 7.92. The van der Waals surface area contributed by atoms with Crippen LogP contribution in [0.3, 0.4) is 0 Å². The summed E-state index contributed by atoms with van der Waals surface area (Å²) in [4.78, 5) is 29.6. The van der Waals surface area contributed by atoms with Crippen LogP contribution in [0.25, 0.3) is 11.3 Å². The SMILES string of the molecule is COc1ccc(-c2csc(NC(=O)COC(=O)c3cccc(S(=O)(=O)N4c5ccccc5CC4C)c3)n2)cc1OC. The van der Waals surface area contributed by atoms with Gasteiger partial charge in [0, 0.05) is 17.0 Å². The highest BCUT2D eigenvalue weighted by Crippen LogP contribution is 2.37. The number of ether oxygens (including phenoxy) is 3. The Morgan fingerprint density at radius 1 is 1.02 bits per heavy atom. The van der Waals surface area contributed by atoms with Gasteiger partial charge in [0.15, 0.2) is 23.2 Å². The van der Waals surface area contributed by atoms with Gasteiger partial charge in [0.05, 0.1) is 36.1 Å². The number of esters is 1. The predicted octanol–water partition coefficient (Wildman–Crippen LogP) is 4.76. The summed E-state index contributed by atoms with van der Waals surface area (Å²) in [5.74, 6) is -0.275. The summed E-state index contributed by atoms with van der Waals surface area (Å²) >= 11 is 1.21. The molecule has 5 rings (SSSR count).